The lowest BCUT2D eigenvalue weighted by Gasteiger charge is -2.08. The van der Waals surface area contributed by atoms with Gasteiger partial charge in [-0.25, -0.2) is 4.39 Å². The molecule has 0 aliphatic carbocycles. The van der Waals surface area contributed by atoms with Gasteiger partial charge in [0.15, 0.2) is 11.6 Å². The molecule has 1 nitrogen and oxygen atoms in total. The van der Waals surface area contributed by atoms with Crippen LogP contribution in [0, 0.1) is 5.82 Å². The predicted octanol–water partition coefficient (Wildman–Crippen LogP) is 5.85. The Bertz CT molecular complexity index is 355. The van der Waals surface area contributed by atoms with Gasteiger partial charge in [0.2, 0.25) is 0 Å². The van der Waals surface area contributed by atoms with Gasteiger partial charge in [0.05, 0.1) is 6.61 Å². The first kappa shape index (κ1) is 16.5. The summed E-state index contributed by atoms with van der Waals surface area (Å²) in [5.74, 6) is 0.107. The van der Waals surface area contributed by atoms with Crippen LogP contribution in [0.5, 0.6) is 5.75 Å². The van der Waals surface area contributed by atoms with Gasteiger partial charge in [-0.05, 0) is 24.1 Å². The topological polar surface area (TPSA) is 9.23 Å². The van der Waals surface area contributed by atoms with E-state index >= 15 is 0 Å². The van der Waals surface area contributed by atoms with Crippen molar-refractivity contribution in [1.82, 2.24) is 0 Å². The third-order valence-corrected chi connectivity index (χ3v) is 3.80. The summed E-state index contributed by atoms with van der Waals surface area (Å²) in [6.45, 7) is 2.83. The van der Waals surface area contributed by atoms with E-state index in [9.17, 15) is 4.39 Å². The minimum atomic E-state index is -0.264. The van der Waals surface area contributed by atoms with Crippen LogP contribution >= 0.6 is 15.9 Å². The molecular formula is C16H24BrFO. The lowest BCUT2D eigenvalue weighted by Crippen LogP contribution is -1.99. The van der Waals surface area contributed by atoms with Gasteiger partial charge in [0.25, 0.3) is 0 Å². The molecule has 0 aliphatic heterocycles. The van der Waals surface area contributed by atoms with Gasteiger partial charge < -0.3 is 4.74 Å². The zero-order valence-electron chi connectivity index (χ0n) is 11.8. The molecule has 0 saturated heterocycles. The third kappa shape index (κ3) is 6.95. The van der Waals surface area contributed by atoms with Gasteiger partial charge in [-0.3, -0.25) is 0 Å². The molecule has 1 rings (SSSR count). The predicted molar refractivity (Wildman–Crippen MR) is 82.5 cm³/mol. The fourth-order valence-corrected chi connectivity index (χ4v) is 2.33. The van der Waals surface area contributed by atoms with E-state index in [1.54, 1.807) is 6.07 Å². The van der Waals surface area contributed by atoms with Crippen LogP contribution in [0.15, 0.2) is 18.2 Å². The molecular weight excluding hydrogens is 307 g/mol. The summed E-state index contributed by atoms with van der Waals surface area (Å²) in [6.07, 6.45) is 8.70. The molecule has 0 amide bonds. The van der Waals surface area contributed by atoms with Crippen LogP contribution in [0.1, 0.15) is 57.4 Å². The molecule has 0 radical (unpaired) electrons. The number of hydrogen-bond donors (Lipinski definition) is 0. The molecule has 19 heavy (non-hydrogen) atoms. The molecule has 0 aliphatic rings. The van der Waals surface area contributed by atoms with Crippen LogP contribution in [0.4, 0.5) is 4.39 Å². The second-order valence-corrected chi connectivity index (χ2v) is 5.43. The number of rotatable bonds is 10. The summed E-state index contributed by atoms with van der Waals surface area (Å²) < 4.78 is 19.1. The van der Waals surface area contributed by atoms with Crippen molar-refractivity contribution in [2.45, 2.75) is 57.2 Å². The Morgan fingerprint density at radius 3 is 2.37 bits per heavy atom. The Labute approximate surface area is 124 Å². The molecule has 0 aromatic heterocycles. The minimum absolute atomic E-state index is 0.264. The fourth-order valence-electron chi connectivity index (χ4n) is 1.99. The molecule has 0 spiro atoms. The van der Waals surface area contributed by atoms with E-state index in [0.717, 1.165) is 12.0 Å². The second kappa shape index (κ2) is 10.2. The molecule has 0 heterocycles. The van der Waals surface area contributed by atoms with E-state index in [2.05, 4.69) is 22.9 Å². The highest BCUT2D eigenvalue weighted by Crippen LogP contribution is 2.20. The van der Waals surface area contributed by atoms with Crippen LogP contribution in [0.3, 0.4) is 0 Å². The number of unbranched alkanes of at least 4 members (excludes halogenated alkanes) is 6. The summed E-state index contributed by atoms with van der Waals surface area (Å²) in [5, 5.41) is 0.669. The van der Waals surface area contributed by atoms with Crippen molar-refractivity contribution in [2.75, 3.05) is 6.61 Å². The van der Waals surface area contributed by atoms with Crippen molar-refractivity contribution in [3.63, 3.8) is 0 Å². The zero-order valence-corrected chi connectivity index (χ0v) is 13.3. The number of alkyl halides is 1. The SMILES string of the molecule is CCCCCCCCCOc1ccc(CBr)cc1F. The summed E-state index contributed by atoms with van der Waals surface area (Å²) >= 11 is 3.31. The first-order valence-electron chi connectivity index (χ1n) is 7.25. The van der Waals surface area contributed by atoms with Crippen LogP contribution in [-0.2, 0) is 5.33 Å². The standard InChI is InChI=1S/C16H24BrFO/c1-2-3-4-5-6-7-8-11-19-16-10-9-14(13-17)12-15(16)18/h9-10,12H,2-8,11,13H2,1H3. The molecule has 0 N–H and O–H groups in total. The van der Waals surface area contributed by atoms with Crippen LogP contribution in [0.25, 0.3) is 0 Å². The maximum atomic E-state index is 13.6. The Morgan fingerprint density at radius 2 is 1.74 bits per heavy atom. The normalized spacial score (nSPS) is 10.7. The average molecular weight is 331 g/mol. The minimum Gasteiger partial charge on any atom is -0.491 e. The molecule has 108 valence electrons. The molecule has 3 heteroatoms. The fraction of sp³-hybridized carbons (Fsp3) is 0.625. The van der Waals surface area contributed by atoms with Crippen molar-refractivity contribution >= 4 is 15.9 Å². The quantitative estimate of drug-likeness (QED) is 0.386. The molecule has 0 atom stereocenters. The average Bonchev–Trinajstić information content (AvgIpc) is 2.43. The largest absolute Gasteiger partial charge is 0.491 e. The summed E-state index contributed by atoms with van der Waals surface area (Å²) in [7, 11) is 0. The summed E-state index contributed by atoms with van der Waals surface area (Å²) in [5.41, 5.74) is 0.931. The number of halogens is 2. The lowest BCUT2D eigenvalue weighted by molar-refractivity contribution is 0.290. The lowest BCUT2D eigenvalue weighted by atomic mass is 10.1. The van der Waals surface area contributed by atoms with E-state index in [1.165, 1.54) is 44.6 Å². The Kier molecular flexibility index (Phi) is 8.89. The van der Waals surface area contributed by atoms with Crippen LogP contribution in [0.2, 0.25) is 0 Å². The maximum absolute atomic E-state index is 13.6. The van der Waals surface area contributed by atoms with E-state index in [0.29, 0.717) is 17.7 Å². The molecule has 1 aromatic rings. The number of hydrogen-bond acceptors (Lipinski definition) is 1. The second-order valence-electron chi connectivity index (χ2n) is 4.87. The molecule has 0 unspecified atom stereocenters. The molecule has 1 aromatic carbocycles. The smallest absolute Gasteiger partial charge is 0.165 e. The van der Waals surface area contributed by atoms with Gasteiger partial charge >= 0.3 is 0 Å². The Morgan fingerprint density at radius 1 is 1.05 bits per heavy atom. The van der Waals surface area contributed by atoms with Crippen LogP contribution in [-0.4, -0.2) is 6.61 Å². The van der Waals surface area contributed by atoms with Crippen molar-refractivity contribution < 1.29 is 9.13 Å². The van der Waals surface area contributed by atoms with Gasteiger partial charge in [-0.15, -0.1) is 0 Å². The van der Waals surface area contributed by atoms with Crippen LogP contribution < -0.4 is 4.74 Å². The van der Waals surface area contributed by atoms with Crippen molar-refractivity contribution in [3.05, 3.63) is 29.6 Å². The maximum Gasteiger partial charge on any atom is 0.165 e. The first-order valence-corrected chi connectivity index (χ1v) is 8.37. The Hall–Kier alpha value is -0.570. The van der Waals surface area contributed by atoms with Crippen molar-refractivity contribution in [1.29, 1.82) is 0 Å². The number of ether oxygens (including phenoxy) is 1. The summed E-state index contributed by atoms with van der Waals surface area (Å²) in [6, 6.07) is 5.12. The van der Waals surface area contributed by atoms with Crippen molar-refractivity contribution in [2.24, 2.45) is 0 Å². The van der Waals surface area contributed by atoms with Gasteiger partial charge in [-0.2, -0.15) is 0 Å². The highest BCUT2D eigenvalue weighted by atomic mass is 79.9. The zero-order chi connectivity index (χ0) is 13.9. The van der Waals surface area contributed by atoms with E-state index in [-0.39, 0.29) is 5.82 Å². The van der Waals surface area contributed by atoms with Gasteiger partial charge in [0.1, 0.15) is 0 Å². The highest BCUT2D eigenvalue weighted by molar-refractivity contribution is 9.08. The van der Waals surface area contributed by atoms with Crippen molar-refractivity contribution in [3.8, 4) is 5.75 Å². The Balaban J connectivity index is 2.12. The highest BCUT2D eigenvalue weighted by Gasteiger charge is 2.04. The van der Waals surface area contributed by atoms with E-state index in [4.69, 9.17) is 4.74 Å². The van der Waals surface area contributed by atoms with E-state index in [1.807, 2.05) is 6.07 Å². The monoisotopic (exact) mass is 330 g/mol. The first-order chi connectivity index (χ1) is 9.27. The van der Waals surface area contributed by atoms with E-state index < -0.39 is 0 Å². The molecule has 0 fully saturated rings. The van der Waals surface area contributed by atoms with Gasteiger partial charge in [-0.1, -0.05) is 67.4 Å². The van der Waals surface area contributed by atoms with Gasteiger partial charge in [0, 0.05) is 5.33 Å². The summed E-state index contributed by atoms with van der Waals surface area (Å²) in [4.78, 5) is 0. The third-order valence-electron chi connectivity index (χ3n) is 3.16. The number of benzene rings is 1. The molecule has 0 saturated carbocycles. The molecule has 0 bridgehead atoms.